The van der Waals surface area contributed by atoms with Crippen molar-refractivity contribution in [2.24, 2.45) is 0 Å². The summed E-state index contributed by atoms with van der Waals surface area (Å²) in [6.07, 6.45) is -10.7. The first kappa shape index (κ1) is 26.2. The number of aromatic nitrogens is 2. The van der Waals surface area contributed by atoms with Gasteiger partial charge >= 0.3 is 12.4 Å². The number of amides is 1. The van der Waals surface area contributed by atoms with Crippen LogP contribution in [0.3, 0.4) is 0 Å². The second-order valence-corrected chi connectivity index (χ2v) is 7.65. The summed E-state index contributed by atoms with van der Waals surface area (Å²) in [6.45, 7) is -0.0309. The zero-order valence-electron chi connectivity index (χ0n) is 18.0. The standard InChI is InChI=1S/C20H19F8N5O2/c1-35-17-12(22)3-2-11(21)15(17)10-4-6-33(7-5-10)13-9-29-31-18(16(13)20(26,27)28)32-30-14(34)8-19(23,24)25/h2-3,9-10H,4-8H2,1H3,(H,30,34)(H,31,32). The quantitative estimate of drug-likeness (QED) is 0.436. The number of alkyl halides is 6. The maximum absolute atomic E-state index is 14.4. The average molecular weight is 513 g/mol. The number of carbonyl (C=O) groups is 1. The summed E-state index contributed by atoms with van der Waals surface area (Å²) in [5.41, 5.74) is 1.49. The molecule has 2 aromatic rings. The summed E-state index contributed by atoms with van der Waals surface area (Å²) in [4.78, 5) is 12.6. The van der Waals surface area contributed by atoms with Crippen LogP contribution in [0.25, 0.3) is 0 Å². The van der Waals surface area contributed by atoms with E-state index in [9.17, 15) is 39.9 Å². The molecular weight excluding hydrogens is 494 g/mol. The summed E-state index contributed by atoms with van der Waals surface area (Å²) < 4.78 is 112. The molecule has 35 heavy (non-hydrogen) atoms. The number of hydrogen-bond acceptors (Lipinski definition) is 6. The first-order valence-electron chi connectivity index (χ1n) is 10.1. The lowest BCUT2D eigenvalue weighted by molar-refractivity contribution is -0.153. The highest BCUT2D eigenvalue weighted by Crippen LogP contribution is 2.43. The second-order valence-electron chi connectivity index (χ2n) is 7.65. The molecule has 1 aliphatic rings. The number of nitrogens with zero attached hydrogens (tertiary/aromatic N) is 3. The van der Waals surface area contributed by atoms with E-state index in [-0.39, 0.29) is 37.2 Å². The normalized spacial score (nSPS) is 15.2. The maximum atomic E-state index is 14.4. The molecule has 1 aromatic heterocycles. The van der Waals surface area contributed by atoms with Gasteiger partial charge in [-0.1, -0.05) is 0 Å². The molecule has 1 aromatic carbocycles. The van der Waals surface area contributed by atoms with Crippen LogP contribution in [0.4, 0.5) is 46.6 Å². The number of benzene rings is 1. The van der Waals surface area contributed by atoms with E-state index in [1.165, 1.54) is 17.4 Å². The zero-order chi connectivity index (χ0) is 26.0. The molecular formula is C20H19F8N5O2. The number of hydrazine groups is 1. The molecule has 15 heteroatoms. The number of piperidine rings is 1. The van der Waals surface area contributed by atoms with E-state index >= 15 is 0 Å². The Balaban J connectivity index is 1.82. The summed E-state index contributed by atoms with van der Waals surface area (Å²) in [5.74, 6) is -4.90. The number of rotatable bonds is 6. The minimum Gasteiger partial charge on any atom is -0.493 e. The van der Waals surface area contributed by atoms with E-state index in [2.05, 4.69) is 10.2 Å². The molecule has 1 saturated heterocycles. The molecule has 0 unspecified atom stereocenters. The Bertz CT molecular complexity index is 1070. The van der Waals surface area contributed by atoms with Crippen molar-refractivity contribution in [3.05, 3.63) is 41.1 Å². The molecule has 0 bridgehead atoms. The number of nitrogens with one attached hydrogen (secondary N) is 2. The number of halogens is 8. The Morgan fingerprint density at radius 1 is 1.11 bits per heavy atom. The molecule has 1 aliphatic heterocycles. The van der Waals surface area contributed by atoms with Gasteiger partial charge in [-0.05, 0) is 30.9 Å². The third-order valence-electron chi connectivity index (χ3n) is 5.34. The van der Waals surface area contributed by atoms with Gasteiger partial charge in [0.15, 0.2) is 17.4 Å². The summed E-state index contributed by atoms with van der Waals surface area (Å²) in [6, 6.07) is 1.85. The number of methoxy groups -OCH3 is 1. The fourth-order valence-electron chi connectivity index (χ4n) is 3.88. The van der Waals surface area contributed by atoms with Gasteiger partial charge in [0.2, 0.25) is 5.91 Å². The average Bonchev–Trinajstić information content (AvgIpc) is 2.77. The van der Waals surface area contributed by atoms with Gasteiger partial charge in [0.1, 0.15) is 17.8 Å². The van der Waals surface area contributed by atoms with Crippen molar-refractivity contribution < 1.29 is 44.7 Å². The van der Waals surface area contributed by atoms with Crippen molar-refractivity contribution >= 4 is 17.4 Å². The van der Waals surface area contributed by atoms with Crippen molar-refractivity contribution in [3.8, 4) is 5.75 Å². The number of anilines is 2. The second kappa shape index (κ2) is 10.1. The van der Waals surface area contributed by atoms with Crippen LogP contribution in [0.2, 0.25) is 0 Å². The van der Waals surface area contributed by atoms with Gasteiger partial charge in [-0.3, -0.25) is 15.6 Å². The van der Waals surface area contributed by atoms with E-state index in [0.717, 1.165) is 18.3 Å². The Morgan fingerprint density at radius 2 is 1.74 bits per heavy atom. The van der Waals surface area contributed by atoms with Crippen LogP contribution in [-0.4, -0.2) is 42.5 Å². The van der Waals surface area contributed by atoms with Crippen molar-refractivity contribution in [3.63, 3.8) is 0 Å². The number of ether oxygens (including phenoxy) is 1. The van der Waals surface area contributed by atoms with Crippen molar-refractivity contribution in [2.45, 2.75) is 37.5 Å². The summed E-state index contributed by atoms with van der Waals surface area (Å²) >= 11 is 0. The van der Waals surface area contributed by atoms with Crippen molar-refractivity contribution in [2.75, 3.05) is 30.5 Å². The van der Waals surface area contributed by atoms with Crippen LogP contribution < -0.4 is 20.5 Å². The van der Waals surface area contributed by atoms with Crippen LogP contribution in [0, 0.1) is 11.6 Å². The van der Waals surface area contributed by atoms with Crippen LogP contribution >= 0.6 is 0 Å². The predicted molar refractivity (Wildman–Crippen MR) is 107 cm³/mol. The lowest BCUT2D eigenvalue weighted by atomic mass is 9.88. The van der Waals surface area contributed by atoms with Gasteiger partial charge in [0.05, 0.1) is 19.0 Å². The highest BCUT2D eigenvalue weighted by molar-refractivity contribution is 5.78. The molecule has 1 fully saturated rings. The minimum absolute atomic E-state index is 0.00854. The van der Waals surface area contributed by atoms with Crippen LogP contribution in [0.15, 0.2) is 18.3 Å². The van der Waals surface area contributed by atoms with Gasteiger partial charge in [-0.2, -0.15) is 31.4 Å². The molecule has 0 atom stereocenters. The largest absolute Gasteiger partial charge is 0.493 e. The van der Waals surface area contributed by atoms with Gasteiger partial charge in [-0.25, -0.2) is 8.78 Å². The SMILES string of the molecule is COc1c(F)ccc(F)c1C1CCN(c2cnnc(NNC(=O)CC(F)(F)F)c2C(F)(F)F)CC1. The van der Waals surface area contributed by atoms with Gasteiger partial charge in [-0.15, -0.1) is 5.10 Å². The van der Waals surface area contributed by atoms with E-state index in [4.69, 9.17) is 4.74 Å². The van der Waals surface area contributed by atoms with Crippen molar-refractivity contribution in [1.29, 1.82) is 0 Å². The third-order valence-corrected chi connectivity index (χ3v) is 5.34. The van der Waals surface area contributed by atoms with E-state index in [0.29, 0.717) is 0 Å². The third kappa shape index (κ3) is 6.19. The van der Waals surface area contributed by atoms with Crippen LogP contribution in [-0.2, 0) is 11.0 Å². The Kier molecular flexibility index (Phi) is 7.55. The molecule has 1 amide bonds. The fourth-order valence-corrected chi connectivity index (χ4v) is 3.88. The molecule has 0 radical (unpaired) electrons. The van der Waals surface area contributed by atoms with Crippen LogP contribution in [0.5, 0.6) is 5.75 Å². The van der Waals surface area contributed by atoms with Gasteiger partial charge in [0, 0.05) is 18.7 Å². The Hall–Kier alpha value is -3.39. The molecule has 3 rings (SSSR count). The predicted octanol–water partition coefficient (Wildman–Crippen LogP) is 4.56. The summed E-state index contributed by atoms with van der Waals surface area (Å²) in [5, 5.41) is 6.72. The topological polar surface area (TPSA) is 79.4 Å². The summed E-state index contributed by atoms with van der Waals surface area (Å²) in [7, 11) is 1.18. The monoisotopic (exact) mass is 513 g/mol. The lowest BCUT2D eigenvalue weighted by Crippen LogP contribution is -2.37. The first-order chi connectivity index (χ1) is 16.3. The first-order valence-corrected chi connectivity index (χ1v) is 10.1. The molecule has 2 heterocycles. The highest BCUT2D eigenvalue weighted by atomic mass is 19.4. The van der Waals surface area contributed by atoms with E-state index < -0.39 is 59.3 Å². The lowest BCUT2D eigenvalue weighted by Gasteiger charge is -2.35. The van der Waals surface area contributed by atoms with Crippen molar-refractivity contribution in [1.82, 2.24) is 15.6 Å². The molecule has 0 saturated carbocycles. The minimum atomic E-state index is -5.02. The van der Waals surface area contributed by atoms with Gasteiger partial charge in [0.25, 0.3) is 0 Å². The molecule has 192 valence electrons. The number of carbonyl (C=O) groups excluding carboxylic acids is 1. The zero-order valence-corrected chi connectivity index (χ0v) is 18.0. The molecule has 2 N–H and O–H groups in total. The molecule has 0 spiro atoms. The Labute approximate surface area is 193 Å². The van der Waals surface area contributed by atoms with Crippen LogP contribution in [0.1, 0.15) is 36.3 Å². The van der Waals surface area contributed by atoms with E-state index in [1.807, 2.05) is 0 Å². The molecule has 0 aliphatic carbocycles. The highest BCUT2D eigenvalue weighted by Gasteiger charge is 2.41. The Morgan fingerprint density at radius 3 is 2.31 bits per heavy atom. The van der Waals surface area contributed by atoms with E-state index in [1.54, 1.807) is 5.43 Å². The fraction of sp³-hybridized carbons (Fsp3) is 0.450. The smallest absolute Gasteiger partial charge is 0.422 e. The maximum Gasteiger partial charge on any atom is 0.422 e. The molecule has 7 nitrogen and oxygen atoms in total. The van der Waals surface area contributed by atoms with Gasteiger partial charge < -0.3 is 9.64 Å². The number of hydrogen-bond donors (Lipinski definition) is 2.